The summed E-state index contributed by atoms with van der Waals surface area (Å²) in [7, 11) is 0. The predicted octanol–water partition coefficient (Wildman–Crippen LogP) is 3.30. The molecule has 0 spiro atoms. The normalized spacial score (nSPS) is 25.6. The molecule has 1 heteroatoms. The fourth-order valence-electron chi connectivity index (χ4n) is 2.09. The fraction of sp³-hybridized carbons (Fsp3) is 1.00. The highest BCUT2D eigenvalue weighted by molar-refractivity contribution is 4.82. The van der Waals surface area contributed by atoms with Crippen molar-refractivity contribution in [3.63, 3.8) is 0 Å². The third kappa shape index (κ3) is 3.30. The van der Waals surface area contributed by atoms with Gasteiger partial charge in [-0.15, -0.1) is 0 Å². The Hall–Kier alpha value is -0.0400. The summed E-state index contributed by atoms with van der Waals surface area (Å²) in [6.45, 7) is 14.3. The van der Waals surface area contributed by atoms with Crippen LogP contribution in [0.1, 0.15) is 53.9 Å². The summed E-state index contributed by atoms with van der Waals surface area (Å²) in [6.07, 6.45) is 4.11. The van der Waals surface area contributed by atoms with Crippen molar-refractivity contribution in [2.24, 2.45) is 5.41 Å². The first-order valence-corrected chi connectivity index (χ1v) is 5.56. The zero-order chi connectivity index (χ0) is 10.1. The van der Waals surface area contributed by atoms with Gasteiger partial charge in [0, 0.05) is 5.54 Å². The van der Waals surface area contributed by atoms with Crippen LogP contribution in [0, 0.1) is 5.41 Å². The van der Waals surface area contributed by atoms with Crippen LogP contribution in [0.4, 0.5) is 0 Å². The van der Waals surface area contributed by atoms with E-state index in [9.17, 15) is 0 Å². The van der Waals surface area contributed by atoms with Gasteiger partial charge >= 0.3 is 0 Å². The minimum absolute atomic E-state index is 0.362. The predicted molar refractivity (Wildman–Crippen MR) is 59.0 cm³/mol. The lowest BCUT2D eigenvalue weighted by Gasteiger charge is -2.35. The summed E-state index contributed by atoms with van der Waals surface area (Å²) >= 11 is 0. The van der Waals surface area contributed by atoms with E-state index < -0.39 is 0 Å². The Morgan fingerprint density at radius 3 is 2.15 bits per heavy atom. The summed E-state index contributed by atoms with van der Waals surface area (Å²) in [6, 6.07) is 0. The van der Waals surface area contributed by atoms with Crippen LogP contribution in [-0.4, -0.2) is 23.5 Å². The van der Waals surface area contributed by atoms with Gasteiger partial charge in [-0.1, -0.05) is 13.8 Å². The molecule has 1 rings (SSSR count). The van der Waals surface area contributed by atoms with Crippen molar-refractivity contribution in [1.29, 1.82) is 0 Å². The lowest BCUT2D eigenvalue weighted by Crippen LogP contribution is -2.42. The van der Waals surface area contributed by atoms with Crippen molar-refractivity contribution in [2.45, 2.75) is 59.4 Å². The van der Waals surface area contributed by atoms with Crippen LogP contribution in [0.3, 0.4) is 0 Å². The number of hydrogen-bond donors (Lipinski definition) is 0. The lowest BCUT2D eigenvalue weighted by molar-refractivity contribution is 0.137. The molecule has 1 fully saturated rings. The largest absolute Gasteiger partial charge is 0.298 e. The van der Waals surface area contributed by atoms with Crippen LogP contribution < -0.4 is 0 Å². The summed E-state index contributed by atoms with van der Waals surface area (Å²) in [5.74, 6) is 0. The molecule has 1 aliphatic rings. The first-order chi connectivity index (χ1) is 5.81. The highest BCUT2D eigenvalue weighted by atomic mass is 15.2. The van der Waals surface area contributed by atoms with E-state index in [0.29, 0.717) is 11.0 Å². The smallest absolute Gasteiger partial charge is 0.0125 e. The standard InChI is InChI=1S/C12H25N/c1-11(2,3)13-9-6-7-12(4,5)8-10-13/h6-10H2,1-5H3. The van der Waals surface area contributed by atoms with Crippen LogP contribution in [0.15, 0.2) is 0 Å². The zero-order valence-corrected chi connectivity index (χ0v) is 9.98. The van der Waals surface area contributed by atoms with Crippen molar-refractivity contribution in [3.8, 4) is 0 Å². The van der Waals surface area contributed by atoms with Gasteiger partial charge in [0.2, 0.25) is 0 Å². The van der Waals surface area contributed by atoms with Gasteiger partial charge in [-0.3, -0.25) is 4.90 Å². The third-order valence-electron chi connectivity index (χ3n) is 3.29. The Morgan fingerprint density at radius 1 is 1.00 bits per heavy atom. The van der Waals surface area contributed by atoms with Gasteiger partial charge in [0.05, 0.1) is 0 Å². The average molecular weight is 183 g/mol. The third-order valence-corrected chi connectivity index (χ3v) is 3.29. The van der Waals surface area contributed by atoms with Crippen molar-refractivity contribution >= 4 is 0 Å². The Kier molecular flexibility index (Phi) is 3.06. The molecule has 1 aliphatic heterocycles. The van der Waals surface area contributed by atoms with Crippen molar-refractivity contribution in [1.82, 2.24) is 4.90 Å². The van der Waals surface area contributed by atoms with E-state index >= 15 is 0 Å². The average Bonchev–Trinajstić information content (AvgIpc) is 2.08. The second-order valence-electron chi connectivity index (χ2n) is 6.18. The molecule has 0 aliphatic carbocycles. The molecule has 0 unspecified atom stereocenters. The van der Waals surface area contributed by atoms with Gasteiger partial charge in [0.15, 0.2) is 0 Å². The Morgan fingerprint density at radius 2 is 1.62 bits per heavy atom. The van der Waals surface area contributed by atoms with E-state index in [-0.39, 0.29) is 0 Å². The second kappa shape index (κ2) is 3.61. The number of nitrogens with zero attached hydrogens (tertiary/aromatic N) is 1. The van der Waals surface area contributed by atoms with Crippen LogP contribution in [0.25, 0.3) is 0 Å². The van der Waals surface area contributed by atoms with Crippen LogP contribution in [0.2, 0.25) is 0 Å². The molecule has 0 amide bonds. The van der Waals surface area contributed by atoms with E-state index in [2.05, 4.69) is 39.5 Å². The molecule has 0 saturated carbocycles. The van der Waals surface area contributed by atoms with Gasteiger partial charge in [0.1, 0.15) is 0 Å². The van der Waals surface area contributed by atoms with Crippen LogP contribution in [0.5, 0.6) is 0 Å². The minimum atomic E-state index is 0.362. The summed E-state index contributed by atoms with van der Waals surface area (Å²) in [4.78, 5) is 2.63. The van der Waals surface area contributed by atoms with E-state index in [1.165, 1.54) is 32.4 Å². The van der Waals surface area contributed by atoms with Gasteiger partial charge in [-0.05, 0) is 58.5 Å². The van der Waals surface area contributed by atoms with Crippen molar-refractivity contribution < 1.29 is 0 Å². The van der Waals surface area contributed by atoms with Gasteiger partial charge in [-0.2, -0.15) is 0 Å². The highest BCUT2D eigenvalue weighted by Crippen LogP contribution is 2.31. The van der Waals surface area contributed by atoms with E-state index in [0.717, 1.165) is 0 Å². The second-order valence-corrected chi connectivity index (χ2v) is 6.18. The minimum Gasteiger partial charge on any atom is -0.298 e. The zero-order valence-electron chi connectivity index (χ0n) is 9.98. The van der Waals surface area contributed by atoms with Crippen LogP contribution >= 0.6 is 0 Å². The van der Waals surface area contributed by atoms with Gasteiger partial charge in [0.25, 0.3) is 0 Å². The molecule has 0 radical (unpaired) electrons. The molecular formula is C12H25N. The maximum atomic E-state index is 2.63. The van der Waals surface area contributed by atoms with Crippen LogP contribution in [-0.2, 0) is 0 Å². The van der Waals surface area contributed by atoms with Crippen molar-refractivity contribution in [2.75, 3.05) is 13.1 Å². The Labute approximate surface area is 83.5 Å². The SMILES string of the molecule is CC1(C)CCCN(C(C)(C)C)CC1. The molecule has 0 atom stereocenters. The van der Waals surface area contributed by atoms with E-state index in [1.807, 2.05) is 0 Å². The molecule has 0 bridgehead atoms. The molecule has 0 N–H and O–H groups in total. The maximum absolute atomic E-state index is 2.63. The quantitative estimate of drug-likeness (QED) is 0.557. The Balaban J connectivity index is 2.55. The summed E-state index contributed by atoms with van der Waals surface area (Å²) in [5.41, 5.74) is 0.931. The number of likely N-dealkylation sites (tertiary alicyclic amines) is 1. The monoisotopic (exact) mass is 183 g/mol. The lowest BCUT2D eigenvalue weighted by atomic mass is 9.85. The van der Waals surface area contributed by atoms with E-state index in [1.54, 1.807) is 0 Å². The summed E-state index contributed by atoms with van der Waals surface area (Å²) in [5, 5.41) is 0. The van der Waals surface area contributed by atoms with Gasteiger partial charge < -0.3 is 0 Å². The molecule has 0 aromatic heterocycles. The molecule has 78 valence electrons. The topological polar surface area (TPSA) is 3.24 Å². The number of hydrogen-bond acceptors (Lipinski definition) is 1. The number of rotatable bonds is 0. The molecule has 1 nitrogen and oxygen atoms in total. The first kappa shape index (κ1) is 11.0. The molecule has 0 aromatic rings. The molecule has 0 aromatic carbocycles. The first-order valence-electron chi connectivity index (χ1n) is 5.56. The van der Waals surface area contributed by atoms with Crippen molar-refractivity contribution in [3.05, 3.63) is 0 Å². The molecule has 1 saturated heterocycles. The Bertz CT molecular complexity index is 164. The highest BCUT2D eigenvalue weighted by Gasteiger charge is 2.28. The molecule has 13 heavy (non-hydrogen) atoms. The summed E-state index contributed by atoms with van der Waals surface area (Å²) < 4.78 is 0. The van der Waals surface area contributed by atoms with Gasteiger partial charge in [-0.25, -0.2) is 0 Å². The van der Waals surface area contributed by atoms with E-state index in [4.69, 9.17) is 0 Å². The molecular weight excluding hydrogens is 158 g/mol. The fourth-order valence-corrected chi connectivity index (χ4v) is 2.09. The molecule has 1 heterocycles. The maximum Gasteiger partial charge on any atom is 0.0125 e.